The second-order valence-corrected chi connectivity index (χ2v) is 25.1. The quantitative estimate of drug-likeness (QED) is 0.0385. The standard InChI is InChI=1S/C63H96N14O12S/c1-5-29-63(62(89)75-47(36-39(2)3)57(84)69-42(53(67)80)28-35-90-4)30-16-34-77(63)61(88)49(38-41-19-10-7-11-20-41)74-58(85)48(37-40-17-8-6-9-18-40)73-56(83)44(24-26-51(65)78)70-55(82)45(25-27-52(66)79)71-59(86)50-23-15-33-76(50)60(87)46(21-12-13-31-64)72-54(81)43-22-14-32-68-43/h6-11,17-20,39,42-50,68H,5,12-16,21-38,64H2,1-4H3,(H2,65,78)(H2,66,79)(H2,67,80)(H,69,84)(H,70,82)(H,71,86)(H,72,81)(H,73,83)(H,74,85)(H,75,89)/t42-,43-,44-,45-,46-,47+,48-,49-,50-,63-/m0/s1. The number of nitrogens with one attached hydrogen (secondary N) is 8. The second-order valence-electron chi connectivity index (χ2n) is 24.1. The van der Waals surface area contributed by atoms with Gasteiger partial charge < -0.3 is 75.3 Å². The van der Waals surface area contributed by atoms with Crippen molar-refractivity contribution in [3.8, 4) is 0 Å². The largest absolute Gasteiger partial charge is 0.370 e. The van der Waals surface area contributed by atoms with Gasteiger partial charge in [-0.05, 0) is 132 Å². The first-order valence-electron chi connectivity index (χ1n) is 31.6. The molecule has 3 fully saturated rings. The Bertz CT molecular complexity index is 2780. The minimum atomic E-state index is -1.60. The predicted molar refractivity (Wildman–Crippen MR) is 340 cm³/mol. The average Bonchev–Trinajstić information content (AvgIpc) is 1.57. The van der Waals surface area contributed by atoms with Gasteiger partial charge in [0.2, 0.25) is 70.9 Å². The molecule has 90 heavy (non-hydrogen) atoms. The number of hydrogen-bond acceptors (Lipinski definition) is 15. The van der Waals surface area contributed by atoms with Crippen LogP contribution in [-0.2, 0) is 70.4 Å². The van der Waals surface area contributed by atoms with Crippen LogP contribution in [0.5, 0.6) is 0 Å². The molecule has 0 aromatic heterocycles. The van der Waals surface area contributed by atoms with E-state index in [0.717, 1.165) is 6.42 Å². The molecule has 3 aliphatic rings. The molecule has 3 heterocycles. The van der Waals surface area contributed by atoms with E-state index in [1.165, 1.54) is 21.6 Å². The van der Waals surface area contributed by atoms with E-state index >= 15 is 9.59 Å². The van der Waals surface area contributed by atoms with E-state index in [4.69, 9.17) is 22.9 Å². The predicted octanol–water partition coefficient (Wildman–Crippen LogP) is -0.286. The maximum atomic E-state index is 15.4. The van der Waals surface area contributed by atoms with E-state index in [-0.39, 0.29) is 82.7 Å². The van der Waals surface area contributed by atoms with Crippen LogP contribution in [0.3, 0.4) is 0 Å². The van der Waals surface area contributed by atoms with Gasteiger partial charge in [-0.2, -0.15) is 11.8 Å². The summed E-state index contributed by atoms with van der Waals surface area (Å²) in [4.78, 5) is 170. The number of carbonyl (C=O) groups is 12. The summed E-state index contributed by atoms with van der Waals surface area (Å²) in [5, 5.41) is 22.6. The number of thioether (sulfide) groups is 1. The fourth-order valence-electron chi connectivity index (χ4n) is 11.9. The van der Waals surface area contributed by atoms with Gasteiger partial charge in [0.25, 0.3) is 0 Å². The van der Waals surface area contributed by atoms with E-state index in [0.29, 0.717) is 68.5 Å². The summed E-state index contributed by atoms with van der Waals surface area (Å²) in [7, 11) is 0. The van der Waals surface area contributed by atoms with Gasteiger partial charge in [-0.15, -0.1) is 0 Å². The van der Waals surface area contributed by atoms with Gasteiger partial charge in [0.15, 0.2) is 0 Å². The first-order chi connectivity index (χ1) is 43.0. The number of nitrogens with two attached hydrogens (primary N) is 4. The Hall–Kier alpha value is -7.65. The topological polar surface area (TPSA) is 412 Å². The fraction of sp³-hybridized carbons (Fsp3) is 0.619. The summed E-state index contributed by atoms with van der Waals surface area (Å²) in [5.74, 6) is -8.03. The maximum Gasteiger partial charge on any atom is 0.246 e. The van der Waals surface area contributed by atoms with Crippen LogP contribution >= 0.6 is 11.8 Å². The lowest BCUT2D eigenvalue weighted by molar-refractivity contribution is -0.149. The number of likely N-dealkylation sites (tertiary alicyclic amines) is 2. The number of carbonyl (C=O) groups excluding carboxylic acids is 12. The van der Waals surface area contributed by atoms with Gasteiger partial charge in [0.05, 0.1) is 6.04 Å². The number of benzene rings is 2. The highest BCUT2D eigenvalue weighted by atomic mass is 32.2. The van der Waals surface area contributed by atoms with Crippen molar-refractivity contribution in [1.82, 2.24) is 52.3 Å². The monoisotopic (exact) mass is 1270 g/mol. The minimum Gasteiger partial charge on any atom is -0.370 e. The molecule has 0 bridgehead atoms. The number of primary amides is 3. The van der Waals surface area contributed by atoms with Gasteiger partial charge >= 0.3 is 0 Å². The Labute approximate surface area is 531 Å². The zero-order chi connectivity index (χ0) is 65.9. The SMILES string of the molecule is CCC[C@@]1(C(=O)N[C@H](CC(C)C)C(=O)N[C@@H](CCSC)C(N)=O)CCCN1C(=O)[C@H](Cc1ccccc1)NC(=O)[C@H](Cc1ccccc1)NC(=O)[C@H](CCC(N)=O)NC(=O)[C@H](CCC(N)=O)NC(=O)[C@@H]1CCCN1C(=O)[C@H](CCCCN)NC(=O)[C@@H]1CCCN1. The number of unbranched alkanes of at least 4 members (excludes halogenated alkanes) is 1. The minimum absolute atomic E-state index is 0.0623. The summed E-state index contributed by atoms with van der Waals surface area (Å²) >= 11 is 1.48. The van der Waals surface area contributed by atoms with Crippen LogP contribution < -0.4 is 65.5 Å². The molecule has 0 spiro atoms. The Morgan fingerprint density at radius 1 is 0.600 bits per heavy atom. The van der Waals surface area contributed by atoms with Crippen molar-refractivity contribution >= 4 is 82.6 Å². The summed E-state index contributed by atoms with van der Waals surface area (Å²) in [6, 6.07) is 6.95. The Morgan fingerprint density at radius 2 is 1.16 bits per heavy atom. The van der Waals surface area contributed by atoms with Crippen LogP contribution in [-0.4, -0.2) is 179 Å². The van der Waals surface area contributed by atoms with E-state index in [2.05, 4.69) is 42.5 Å². The van der Waals surface area contributed by atoms with Gasteiger partial charge in [-0.1, -0.05) is 87.9 Å². The van der Waals surface area contributed by atoms with Crippen LogP contribution in [0.15, 0.2) is 60.7 Å². The van der Waals surface area contributed by atoms with Crippen LogP contribution in [0.4, 0.5) is 0 Å². The van der Waals surface area contributed by atoms with E-state index in [1.807, 2.05) is 27.0 Å². The zero-order valence-corrected chi connectivity index (χ0v) is 53.3. The molecule has 5 rings (SSSR count). The van der Waals surface area contributed by atoms with Crippen LogP contribution in [0.25, 0.3) is 0 Å². The van der Waals surface area contributed by atoms with Crippen molar-refractivity contribution in [1.29, 1.82) is 0 Å². The summed E-state index contributed by atoms with van der Waals surface area (Å²) in [6.45, 7) is 6.94. The van der Waals surface area contributed by atoms with Crippen LogP contribution in [0.2, 0.25) is 0 Å². The third-order valence-corrected chi connectivity index (χ3v) is 17.3. The normalized spacial score (nSPS) is 19.4. The van der Waals surface area contributed by atoms with Gasteiger partial charge in [0.1, 0.15) is 53.9 Å². The molecular formula is C63H96N14O12S. The molecule has 3 aliphatic heterocycles. The molecule has 3 saturated heterocycles. The highest BCUT2D eigenvalue weighted by molar-refractivity contribution is 7.98. The first-order valence-corrected chi connectivity index (χ1v) is 33.0. The number of rotatable bonds is 38. The summed E-state index contributed by atoms with van der Waals surface area (Å²) in [5.41, 5.74) is 22.3. The third kappa shape index (κ3) is 22.1. The Morgan fingerprint density at radius 3 is 1.71 bits per heavy atom. The molecule has 2 aromatic carbocycles. The van der Waals surface area contributed by atoms with Crippen molar-refractivity contribution in [2.45, 2.75) is 203 Å². The van der Waals surface area contributed by atoms with Crippen LogP contribution in [0.1, 0.15) is 141 Å². The molecule has 16 N–H and O–H groups in total. The van der Waals surface area contributed by atoms with E-state index in [9.17, 15) is 47.9 Å². The molecule has 0 radical (unpaired) electrons. The lowest BCUT2D eigenvalue weighted by atomic mass is 9.87. The third-order valence-electron chi connectivity index (χ3n) is 16.7. The molecule has 0 unspecified atom stereocenters. The highest BCUT2D eigenvalue weighted by Crippen LogP contribution is 2.35. The zero-order valence-electron chi connectivity index (χ0n) is 52.5. The number of amides is 12. The summed E-state index contributed by atoms with van der Waals surface area (Å²) < 4.78 is 0. The maximum absolute atomic E-state index is 15.4. The fourth-order valence-corrected chi connectivity index (χ4v) is 12.4. The Kier molecular flexibility index (Phi) is 29.9. The lowest BCUT2D eigenvalue weighted by Gasteiger charge is -2.40. The van der Waals surface area contributed by atoms with Crippen molar-refractivity contribution in [2.24, 2.45) is 28.9 Å². The first kappa shape index (κ1) is 73.1. The van der Waals surface area contributed by atoms with E-state index < -0.39 is 144 Å². The molecule has 12 amide bonds. The van der Waals surface area contributed by atoms with Crippen molar-refractivity contribution in [2.75, 3.05) is 38.2 Å². The molecule has 10 atom stereocenters. The average molecular weight is 1270 g/mol. The van der Waals surface area contributed by atoms with Crippen molar-refractivity contribution < 1.29 is 57.5 Å². The highest BCUT2D eigenvalue weighted by Gasteiger charge is 2.51. The molecule has 0 saturated carbocycles. The number of nitrogens with zero attached hydrogens (tertiary/aromatic N) is 2. The molecule has 0 aliphatic carbocycles. The van der Waals surface area contributed by atoms with Gasteiger partial charge in [-0.3, -0.25) is 57.5 Å². The molecule has 2 aromatic rings. The molecule has 27 heteroatoms. The van der Waals surface area contributed by atoms with Gasteiger partial charge in [0, 0.05) is 38.8 Å². The van der Waals surface area contributed by atoms with Gasteiger partial charge in [-0.25, -0.2) is 0 Å². The smallest absolute Gasteiger partial charge is 0.246 e. The van der Waals surface area contributed by atoms with Crippen molar-refractivity contribution in [3.63, 3.8) is 0 Å². The lowest BCUT2D eigenvalue weighted by Crippen LogP contribution is -2.64. The van der Waals surface area contributed by atoms with Crippen molar-refractivity contribution in [3.05, 3.63) is 71.8 Å². The number of hydrogen-bond donors (Lipinski definition) is 12. The van der Waals surface area contributed by atoms with E-state index in [1.54, 1.807) is 60.7 Å². The van der Waals surface area contributed by atoms with Crippen LogP contribution in [0, 0.1) is 5.92 Å². The molecular weight excluding hydrogens is 1180 g/mol. The second kappa shape index (κ2) is 36.9. The molecule has 26 nitrogen and oxygen atoms in total. The summed E-state index contributed by atoms with van der Waals surface area (Å²) in [6.07, 6.45) is 5.21. The molecule has 496 valence electrons. The Balaban J connectivity index is 1.43.